The third-order valence-corrected chi connectivity index (χ3v) is 3.70. The van der Waals surface area contributed by atoms with Crippen molar-refractivity contribution in [2.75, 3.05) is 5.32 Å². The van der Waals surface area contributed by atoms with Gasteiger partial charge >= 0.3 is 0 Å². The van der Waals surface area contributed by atoms with Gasteiger partial charge in [0.1, 0.15) is 6.07 Å². The van der Waals surface area contributed by atoms with Crippen LogP contribution in [-0.2, 0) is 13.0 Å². The monoisotopic (exact) mass is 314 g/mol. The molecule has 0 unspecified atom stereocenters. The van der Waals surface area contributed by atoms with Crippen molar-refractivity contribution >= 4 is 21.6 Å². The molecule has 96 valence electrons. The van der Waals surface area contributed by atoms with Crippen LogP contribution in [0.1, 0.15) is 23.6 Å². The number of halogens is 1. The molecule has 0 amide bonds. The molecule has 2 rings (SSSR count). The number of nitrogens with one attached hydrogen (secondary N) is 1. The Bertz CT molecular complexity index is 597. The maximum absolute atomic E-state index is 9.14. The summed E-state index contributed by atoms with van der Waals surface area (Å²) in [6.07, 6.45) is 1.05. The lowest BCUT2D eigenvalue weighted by Gasteiger charge is -2.09. The highest BCUT2D eigenvalue weighted by molar-refractivity contribution is 9.10. The van der Waals surface area contributed by atoms with Crippen LogP contribution in [0.4, 0.5) is 5.69 Å². The van der Waals surface area contributed by atoms with Crippen LogP contribution in [0.15, 0.2) is 46.9 Å². The average Bonchev–Trinajstić information content (AvgIpc) is 2.45. The molecule has 19 heavy (non-hydrogen) atoms. The lowest BCUT2D eigenvalue weighted by atomic mass is 10.1. The van der Waals surface area contributed by atoms with Crippen LogP contribution in [0.25, 0.3) is 0 Å². The van der Waals surface area contributed by atoms with Crippen molar-refractivity contribution in [3.8, 4) is 6.07 Å². The van der Waals surface area contributed by atoms with Crippen LogP contribution >= 0.6 is 15.9 Å². The zero-order valence-corrected chi connectivity index (χ0v) is 12.4. The molecule has 0 radical (unpaired) electrons. The molecule has 0 heterocycles. The summed E-state index contributed by atoms with van der Waals surface area (Å²) in [6, 6.07) is 16.5. The lowest BCUT2D eigenvalue weighted by molar-refractivity contribution is 1.10. The van der Waals surface area contributed by atoms with Gasteiger partial charge in [-0.2, -0.15) is 5.26 Å². The molecule has 0 saturated carbocycles. The summed E-state index contributed by atoms with van der Waals surface area (Å²) in [4.78, 5) is 0. The third-order valence-electron chi connectivity index (χ3n) is 3.04. The van der Waals surface area contributed by atoms with Gasteiger partial charge in [-0.1, -0.05) is 37.3 Å². The van der Waals surface area contributed by atoms with E-state index in [0.717, 1.165) is 23.1 Å². The molecule has 0 spiro atoms. The van der Waals surface area contributed by atoms with E-state index in [-0.39, 0.29) is 0 Å². The summed E-state index contributed by atoms with van der Waals surface area (Å²) < 4.78 is 0.821. The molecule has 0 aliphatic rings. The van der Waals surface area contributed by atoms with E-state index in [2.05, 4.69) is 58.5 Å². The van der Waals surface area contributed by atoms with Crippen molar-refractivity contribution in [2.24, 2.45) is 0 Å². The Morgan fingerprint density at radius 2 is 1.79 bits per heavy atom. The molecule has 0 aliphatic heterocycles. The fourth-order valence-electron chi connectivity index (χ4n) is 1.88. The molecule has 0 atom stereocenters. The second kappa shape index (κ2) is 6.40. The van der Waals surface area contributed by atoms with E-state index in [1.165, 1.54) is 11.1 Å². The van der Waals surface area contributed by atoms with Crippen molar-refractivity contribution < 1.29 is 0 Å². The minimum atomic E-state index is 0.646. The molecule has 0 aliphatic carbocycles. The second-order valence-corrected chi connectivity index (χ2v) is 5.15. The number of hydrogen-bond donors (Lipinski definition) is 1. The number of hydrogen-bond acceptors (Lipinski definition) is 2. The number of nitrogens with zero attached hydrogens (tertiary/aromatic N) is 1. The van der Waals surface area contributed by atoms with Crippen molar-refractivity contribution in [3.63, 3.8) is 0 Å². The van der Waals surface area contributed by atoms with Crippen LogP contribution in [0, 0.1) is 11.3 Å². The Morgan fingerprint density at radius 3 is 2.42 bits per heavy atom. The maximum atomic E-state index is 9.14. The van der Waals surface area contributed by atoms with E-state index < -0.39 is 0 Å². The number of anilines is 1. The van der Waals surface area contributed by atoms with Crippen LogP contribution in [0.3, 0.4) is 0 Å². The quantitative estimate of drug-likeness (QED) is 0.902. The first-order chi connectivity index (χ1) is 9.24. The number of nitriles is 1. The Hall–Kier alpha value is -1.79. The number of rotatable bonds is 4. The molecule has 0 fully saturated rings. The van der Waals surface area contributed by atoms with Crippen LogP contribution in [0.2, 0.25) is 0 Å². The highest BCUT2D eigenvalue weighted by Gasteiger charge is 2.05. The van der Waals surface area contributed by atoms with Gasteiger partial charge < -0.3 is 5.32 Å². The van der Waals surface area contributed by atoms with Gasteiger partial charge in [-0.05, 0) is 45.6 Å². The highest BCUT2D eigenvalue weighted by atomic mass is 79.9. The van der Waals surface area contributed by atoms with Gasteiger partial charge in [-0.25, -0.2) is 0 Å². The maximum Gasteiger partial charge on any atom is 0.103 e. The van der Waals surface area contributed by atoms with Crippen LogP contribution < -0.4 is 5.32 Å². The van der Waals surface area contributed by atoms with Crippen molar-refractivity contribution in [2.45, 2.75) is 19.9 Å². The number of aryl methyl sites for hydroxylation is 1. The molecule has 0 bridgehead atoms. The average molecular weight is 315 g/mol. The van der Waals surface area contributed by atoms with Gasteiger partial charge in [0.15, 0.2) is 0 Å². The molecule has 0 aromatic heterocycles. The molecule has 3 heteroatoms. The molecule has 1 N–H and O–H groups in total. The molecule has 2 aromatic rings. The van der Waals surface area contributed by atoms with E-state index in [0.29, 0.717) is 5.56 Å². The van der Waals surface area contributed by atoms with Gasteiger partial charge in [-0.15, -0.1) is 0 Å². The standard InChI is InChI=1S/C16H15BrN2/c1-2-12-6-8-13(9-7-12)11-19-16-5-3-4-15(17)14(16)10-18/h3-9,19H,2,11H2,1H3. The fourth-order valence-corrected chi connectivity index (χ4v) is 2.33. The zero-order valence-electron chi connectivity index (χ0n) is 10.8. The largest absolute Gasteiger partial charge is 0.380 e. The predicted molar refractivity (Wildman–Crippen MR) is 82.0 cm³/mol. The van der Waals surface area contributed by atoms with Gasteiger partial charge in [0.05, 0.1) is 11.3 Å². The minimum absolute atomic E-state index is 0.646. The summed E-state index contributed by atoms with van der Waals surface area (Å²) in [5, 5.41) is 12.5. The Kier molecular flexibility index (Phi) is 4.59. The molecule has 0 saturated heterocycles. The topological polar surface area (TPSA) is 35.8 Å². The predicted octanol–water partition coefficient (Wildman–Crippen LogP) is 4.50. The molecular weight excluding hydrogens is 300 g/mol. The number of benzene rings is 2. The summed E-state index contributed by atoms with van der Waals surface area (Å²) in [5.41, 5.74) is 4.05. The molecule has 2 aromatic carbocycles. The highest BCUT2D eigenvalue weighted by Crippen LogP contribution is 2.24. The summed E-state index contributed by atoms with van der Waals surface area (Å²) >= 11 is 3.39. The Labute approximate surface area is 122 Å². The van der Waals surface area contributed by atoms with E-state index in [4.69, 9.17) is 5.26 Å². The fraction of sp³-hybridized carbons (Fsp3) is 0.188. The van der Waals surface area contributed by atoms with Crippen LogP contribution in [0.5, 0.6) is 0 Å². The first-order valence-corrected chi connectivity index (χ1v) is 7.04. The van der Waals surface area contributed by atoms with Crippen LogP contribution in [-0.4, -0.2) is 0 Å². The first-order valence-electron chi connectivity index (χ1n) is 6.25. The van der Waals surface area contributed by atoms with E-state index in [1.54, 1.807) is 0 Å². The third kappa shape index (κ3) is 3.36. The second-order valence-electron chi connectivity index (χ2n) is 4.30. The zero-order chi connectivity index (χ0) is 13.7. The molecular formula is C16H15BrN2. The molecule has 2 nitrogen and oxygen atoms in total. The van der Waals surface area contributed by atoms with Crippen molar-refractivity contribution in [3.05, 3.63) is 63.6 Å². The summed E-state index contributed by atoms with van der Waals surface area (Å²) in [5.74, 6) is 0. The normalized spacial score (nSPS) is 9.95. The van der Waals surface area contributed by atoms with Gasteiger partial charge in [0.2, 0.25) is 0 Å². The summed E-state index contributed by atoms with van der Waals surface area (Å²) in [7, 11) is 0. The smallest absolute Gasteiger partial charge is 0.103 e. The van der Waals surface area contributed by atoms with E-state index in [1.807, 2.05) is 18.2 Å². The summed E-state index contributed by atoms with van der Waals surface area (Å²) in [6.45, 7) is 2.86. The van der Waals surface area contributed by atoms with Gasteiger partial charge in [-0.3, -0.25) is 0 Å². The SMILES string of the molecule is CCc1ccc(CNc2cccc(Br)c2C#N)cc1. The van der Waals surface area contributed by atoms with Crippen molar-refractivity contribution in [1.82, 2.24) is 0 Å². The van der Waals surface area contributed by atoms with Gasteiger partial charge in [0, 0.05) is 11.0 Å². The van der Waals surface area contributed by atoms with Crippen molar-refractivity contribution in [1.29, 1.82) is 5.26 Å². The van der Waals surface area contributed by atoms with E-state index >= 15 is 0 Å². The Balaban J connectivity index is 2.10. The van der Waals surface area contributed by atoms with Gasteiger partial charge in [0.25, 0.3) is 0 Å². The van der Waals surface area contributed by atoms with E-state index in [9.17, 15) is 0 Å². The lowest BCUT2D eigenvalue weighted by Crippen LogP contribution is -2.01. The minimum Gasteiger partial charge on any atom is -0.380 e. The Morgan fingerprint density at radius 1 is 1.11 bits per heavy atom. The first kappa shape index (κ1) is 13.6.